The molecule has 1 rings (SSSR count). The molecule has 0 bridgehead atoms. The third-order valence-electron chi connectivity index (χ3n) is 2.58. The molecule has 5 nitrogen and oxygen atoms in total. The normalized spacial score (nSPS) is 9.84. The molecule has 0 heterocycles. The van der Waals surface area contributed by atoms with E-state index in [4.69, 9.17) is 11.6 Å². The summed E-state index contributed by atoms with van der Waals surface area (Å²) in [6, 6.07) is 6.57. The Balaban J connectivity index is 2.53. The summed E-state index contributed by atoms with van der Waals surface area (Å²) < 4.78 is 4.54. The monoisotopic (exact) mass is 284 g/mol. The molecule has 1 aromatic carbocycles. The maximum absolute atomic E-state index is 12.0. The summed E-state index contributed by atoms with van der Waals surface area (Å²) in [6.07, 6.45) is 0.179. The minimum Gasteiger partial charge on any atom is -0.469 e. The zero-order valence-electron chi connectivity index (χ0n) is 11.0. The topological polar surface area (TPSA) is 58.6 Å². The molecule has 0 unspecified atom stereocenters. The third kappa shape index (κ3) is 5.18. The van der Waals surface area contributed by atoms with Gasteiger partial charge in [-0.15, -0.1) is 0 Å². The maximum Gasteiger partial charge on any atom is 0.321 e. The van der Waals surface area contributed by atoms with Gasteiger partial charge >= 0.3 is 12.0 Å². The molecule has 0 aliphatic rings. The Morgan fingerprint density at radius 1 is 1.32 bits per heavy atom. The molecular weight excluding hydrogens is 268 g/mol. The van der Waals surface area contributed by atoms with E-state index >= 15 is 0 Å². The highest BCUT2D eigenvalue weighted by Gasteiger charge is 2.13. The second-order valence-corrected chi connectivity index (χ2v) is 4.28. The summed E-state index contributed by atoms with van der Waals surface area (Å²) in [6.45, 7) is 2.68. The van der Waals surface area contributed by atoms with Gasteiger partial charge in [0, 0.05) is 23.8 Å². The van der Waals surface area contributed by atoms with Gasteiger partial charge in [-0.05, 0) is 31.2 Å². The Kier molecular flexibility index (Phi) is 6.15. The van der Waals surface area contributed by atoms with E-state index in [1.807, 2.05) is 6.92 Å². The maximum atomic E-state index is 12.0. The predicted octanol–water partition coefficient (Wildman–Crippen LogP) is 2.76. The molecule has 1 aromatic rings. The van der Waals surface area contributed by atoms with Crippen molar-refractivity contribution in [1.82, 2.24) is 4.90 Å². The molecule has 0 spiro atoms. The molecule has 0 aliphatic heterocycles. The lowest BCUT2D eigenvalue weighted by Crippen LogP contribution is -2.36. The van der Waals surface area contributed by atoms with Gasteiger partial charge in [0.05, 0.1) is 13.5 Å². The first-order chi connectivity index (χ1) is 9.06. The van der Waals surface area contributed by atoms with Crippen molar-refractivity contribution < 1.29 is 14.3 Å². The largest absolute Gasteiger partial charge is 0.469 e. The van der Waals surface area contributed by atoms with E-state index < -0.39 is 0 Å². The summed E-state index contributed by atoms with van der Waals surface area (Å²) >= 11 is 5.76. The number of carbonyl (C=O) groups is 2. The zero-order valence-corrected chi connectivity index (χ0v) is 11.7. The van der Waals surface area contributed by atoms with Crippen LogP contribution in [-0.4, -0.2) is 37.1 Å². The molecule has 104 valence electrons. The van der Waals surface area contributed by atoms with Crippen LogP contribution in [0, 0.1) is 0 Å². The van der Waals surface area contributed by atoms with Crippen LogP contribution in [0.3, 0.4) is 0 Å². The lowest BCUT2D eigenvalue weighted by Gasteiger charge is -2.20. The van der Waals surface area contributed by atoms with Crippen LogP contribution in [0.4, 0.5) is 10.5 Å². The number of amides is 2. The number of ether oxygens (including phenoxy) is 1. The zero-order chi connectivity index (χ0) is 14.3. The summed E-state index contributed by atoms with van der Waals surface area (Å²) in [5.74, 6) is -0.335. The quantitative estimate of drug-likeness (QED) is 0.846. The Morgan fingerprint density at radius 3 is 2.47 bits per heavy atom. The van der Waals surface area contributed by atoms with Crippen LogP contribution < -0.4 is 5.32 Å². The van der Waals surface area contributed by atoms with Gasteiger partial charge in [0.15, 0.2) is 0 Å². The fourth-order valence-corrected chi connectivity index (χ4v) is 1.59. The lowest BCUT2D eigenvalue weighted by molar-refractivity contribution is -0.140. The molecule has 0 fully saturated rings. The number of hydrogen-bond donors (Lipinski definition) is 1. The summed E-state index contributed by atoms with van der Waals surface area (Å²) in [5, 5.41) is 3.35. The number of halogens is 1. The Hall–Kier alpha value is -1.75. The summed E-state index contributed by atoms with van der Waals surface area (Å²) in [4.78, 5) is 24.5. The first-order valence-electron chi connectivity index (χ1n) is 5.95. The molecular formula is C13H17ClN2O3. The number of urea groups is 1. The van der Waals surface area contributed by atoms with Crippen LogP contribution in [-0.2, 0) is 9.53 Å². The number of nitrogens with zero attached hydrogens (tertiary/aromatic N) is 1. The van der Waals surface area contributed by atoms with Crippen LogP contribution in [0.25, 0.3) is 0 Å². The van der Waals surface area contributed by atoms with Crippen molar-refractivity contribution in [3.05, 3.63) is 29.3 Å². The number of benzene rings is 1. The Labute approximate surface area is 117 Å². The van der Waals surface area contributed by atoms with E-state index in [9.17, 15) is 9.59 Å². The van der Waals surface area contributed by atoms with Gasteiger partial charge in [0.2, 0.25) is 0 Å². The second kappa shape index (κ2) is 7.63. The fourth-order valence-electron chi connectivity index (χ4n) is 1.47. The number of esters is 1. The van der Waals surface area contributed by atoms with E-state index in [1.54, 1.807) is 24.3 Å². The van der Waals surface area contributed by atoms with Crippen molar-refractivity contribution in [3.8, 4) is 0 Å². The van der Waals surface area contributed by atoms with Crippen molar-refractivity contribution in [3.63, 3.8) is 0 Å². The smallest absolute Gasteiger partial charge is 0.321 e. The number of hydrogen-bond acceptors (Lipinski definition) is 3. The average molecular weight is 285 g/mol. The first kappa shape index (κ1) is 15.3. The van der Waals surface area contributed by atoms with Gasteiger partial charge < -0.3 is 15.0 Å². The minimum absolute atomic E-state index is 0.179. The fraction of sp³-hybridized carbons (Fsp3) is 0.385. The van der Waals surface area contributed by atoms with Gasteiger partial charge in [-0.2, -0.15) is 0 Å². The predicted molar refractivity (Wildman–Crippen MR) is 74.4 cm³/mol. The standard InChI is InChI=1S/C13H17ClN2O3/c1-3-16(9-8-12(17)19-2)13(18)15-11-6-4-10(14)5-7-11/h4-7H,3,8-9H2,1-2H3,(H,15,18). The van der Waals surface area contributed by atoms with E-state index in [0.717, 1.165) is 0 Å². The van der Waals surface area contributed by atoms with E-state index in [2.05, 4.69) is 10.1 Å². The summed E-state index contributed by atoms with van der Waals surface area (Å²) in [7, 11) is 1.33. The van der Waals surface area contributed by atoms with Crippen LogP contribution >= 0.6 is 11.6 Å². The number of rotatable bonds is 5. The van der Waals surface area contributed by atoms with Crippen molar-refractivity contribution in [2.45, 2.75) is 13.3 Å². The van der Waals surface area contributed by atoms with Crippen molar-refractivity contribution >= 4 is 29.3 Å². The number of methoxy groups -OCH3 is 1. The molecule has 2 amide bonds. The SMILES string of the molecule is CCN(CCC(=O)OC)C(=O)Nc1ccc(Cl)cc1. The van der Waals surface area contributed by atoms with E-state index in [0.29, 0.717) is 23.8 Å². The molecule has 0 aliphatic carbocycles. The Morgan fingerprint density at radius 2 is 1.95 bits per heavy atom. The second-order valence-electron chi connectivity index (χ2n) is 3.84. The molecule has 0 aromatic heterocycles. The number of anilines is 1. The van der Waals surface area contributed by atoms with Crippen LogP contribution in [0.2, 0.25) is 5.02 Å². The average Bonchev–Trinajstić information content (AvgIpc) is 2.41. The molecule has 0 atom stereocenters. The molecule has 1 N–H and O–H groups in total. The molecule has 0 saturated carbocycles. The molecule has 6 heteroatoms. The lowest BCUT2D eigenvalue weighted by atomic mass is 10.3. The van der Waals surface area contributed by atoms with Crippen molar-refractivity contribution in [2.75, 3.05) is 25.5 Å². The van der Waals surface area contributed by atoms with Gasteiger partial charge in [-0.1, -0.05) is 11.6 Å². The van der Waals surface area contributed by atoms with Crippen molar-refractivity contribution in [1.29, 1.82) is 0 Å². The van der Waals surface area contributed by atoms with E-state index in [1.165, 1.54) is 12.0 Å². The van der Waals surface area contributed by atoms with Gasteiger partial charge in [-0.3, -0.25) is 4.79 Å². The Bertz CT molecular complexity index is 434. The summed E-state index contributed by atoms with van der Waals surface area (Å²) in [5.41, 5.74) is 0.658. The number of nitrogens with one attached hydrogen (secondary N) is 1. The number of carbonyl (C=O) groups excluding carboxylic acids is 2. The van der Waals surface area contributed by atoms with Crippen LogP contribution in [0.1, 0.15) is 13.3 Å². The third-order valence-corrected chi connectivity index (χ3v) is 2.83. The van der Waals surface area contributed by atoms with Gasteiger partial charge in [0.25, 0.3) is 0 Å². The molecule has 0 saturated heterocycles. The van der Waals surface area contributed by atoms with Crippen molar-refractivity contribution in [2.24, 2.45) is 0 Å². The van der Waals surface area contributed by atoms with Crippen LogP contribution in [0.5, 0.6) is 0 Å². The van der Waals surface area contributed by atoms with E-state index in [-0.39, 0.29) is 18.4 Å². The minimum atomic E-state index is -0.335. The molecule has 0 radical (unpaired) electrons. The van der Waals surface area contributed by atoms with Gasteiger partial charge in [-0.25, -0.2) is 4.79 Å². The van der Waals surface area contributed by atoms with Gasteiger partial charge in [0.1, 0.15) is 0 Å². The first-order valence-corrected chi connectivity index (χ1v) is 6.33. The highest BCUT2D eigenvalue weighted by molar-refractivity contribution is 6.30. The van der Waals surface area contributed by atoms with Crippen LogP contribution in [0.15, 0.2) is 24.3 Å². The highest BCUT2D eigenvalue weighted by atomic mass is 35.5. The molecule has 19 heavy (non-hydrogen) atoms. The highest BCUT2D eigenvalue weighted by Crippen LogP contribution is 2.13.